The van der Waals surface area contributed by atoms with Gasteiger partial charge < -0.3 is 14.8 Å². The Morgan fingerprint density at radius 2 is 1.91 bits per heavy atom. The number of carbonyl (C=O) groups excluding carboxylic acids is 2. The van der Waals surface area contributed by atoms with Gasteiger partial charge in [-0.2, -0.15) is 0 Å². The number of rotatable bonds is 2. The standard InChI is InChI=1S/C18H21N3O2/c1-18(2,3)19-16(22)12-20-11-13-7-6-10-21(13)15-9-5-4-8-14(15)17(20)23/h4-10H,11-12H2,1-3H3,(H,19,22). The highest BCUT2D eigenvalue weighted by Gasteiger charge is 2.27. The number of hydrogen-bond donors (Lipinski definition) is 1. The van der Waals surface area contributed by atoms with Gasteiger partial charge in [-0.1, -0.05) is 12.1 Å². The Balaban J connectivity index is 1.93. The molecular formula is C18H21N3O2. The van der Waals surface area contributed by atoms with Crippen LogP contribution in [0.25, 0.3) is 5.69 Å². The Kier molecular flexibility index (Phi) is 3.72. The first kappa shape index (κ1) is 15.3. The number of amides is 2. The number of nitrogens with one attached hydrogen (secondary N) is 1. The van der Waals surface area contributed by atoms with Crippen LogP contribution in [0.15, 0.2) is 42.6 Å². The molecule has 2 aromatic rings. The second-order valence-corrected chi connectivity index (χ2v) is 6.85. The summed E-state index contributed by atoms with van der Waals surface area (Å²) in [5, 5.41) is 2.91. The molecule has 1 N–H and O–H groups in total. The summed E-state index contributed by atoms with van der Waals surface area (Å²) in [6, 6.07) is 11.4. The normalized spacial score (nSPS) is 14.0. The lowest BCUT2D eigenvalue weighted by Crippen LogP contribution is -2.47. The van der Waals surface area contributed by atoms with E-state index in [4.69, 9.17) is 0 Å². The first-order valence-corrected chi connectivity index (χ1v) is 7.71. The highest BCUT2D eigenvalue weighted by atomic mass is 16.2. The van der Waals surface area contributed by atoms with E-state index in [1.54, 1.807) is 11.0 Å². The van der Waals surface area contributed by atoms with Gasteiger partial charge in [0.1, 0.15) is 6.54 Å². The maximum absolute atomic E-state index is 12.8. The van der Waals surface area contributed by atoms with Gasteiger partial charge in [0.2, 0.25) is 5.91 Å². The van der Waals surface area contributed by atoms with Crippen molar-refractivity contribution in [2.45, 2.75) is 32.9 Å². The Hall–Kier alpha value is -2.56. The Morgan fingerprint density at radius 3 is 2.65 bits per heavy atom. The van der Waals surface area contributed by atoms with Gasteiger partial charge in [0.15, 0.2) is 0 Å². The summed E-state index contributed by atoms with van der Waals surface area (Å²) in [5.74, 6) is -0.267. The van der Waals surface area contributed by atoms with Crippen molar-refractivity contribution in [1.82, 2.24) is 14.8 Å². The summed E-state index contributed by atoms with van der Waals surface area (Å²) < 4.78 is 2.01. The van der Waals surface area contributed by atoms with Crippen molar-refractivity contribution < 1.29 is 9.59 Å². The van der Waals surface area contributed by atoms with Gasteiger partial charge in [-0.3, -0.25) is 9.59 Å². The highest BCUT2D eigenvalue weighted by molar-refractivity contribution is 6.00. The SMILES string of the molecule is CC(C)(C)NC(=O)CN1Cc2cccn2-c2ccccc2C1=O. The first-order valence-electron chi connectivity index (χ1n) is 7.71. The Labute approximate surface area is 135 Å². The molecule has 23 heavy (non-hydrogen) atoms. The summed E-state index contributed by atoms with van der Waals surface area (Å²) in [6.07, 6.45) is 1.94. The Bertz CT molecular complexity index is 756. The Morgan fingerprint density at radius 1 is 1.17 bits per heavy atom. The third-order valence-electron chi connectivity index (χ3n) is 3.72. The number of benzene rings is 1. The average Bonchev–Trinajstić information content (AvgIpc) is 2.88. The molecule has 0 bridgehead atoms. The minimum atomic E-state index is -0.315. The van der Waals surface area contributed by atoms with Crippen molar-refractivity contribution in [2.24, 2.45) is 0 Å². The minimum absolute atomic E-state index is 0.0512. The number of para-hydroxylation sites is 1. The van der Waals surface area contributed by atoms with Crippen molar-refractivity contribution in [3.8, 4) is 5.69 Å². The molecule has 2 heterocycles. The molecule has 120 valence electrons. The fraction of sp³-hybridized carbons (Fsp3) is 0.333. The molecule has 0 spiro atoms. The van der Waals surface area contributed by atoms with Crippen LogP contribution < -0.4 is 5.32 Å². The molecule has 2 amide bonds. The minimum Gasteiger partial charge on any atom is -0.350 e. The molecule has 3 rings (SSSR count). The van der Waals surface area contributed by atoms with E-state index in [2.05, 4.69) is 5.32 Å². The van der Waals surface area contributed by atoms with Crippen molar-refractivity contribution in [3.63, 3.8) is 0 Å². The monoisotopic (exact) mass is 311 g/mol. The fourth-order valence-electron chi connectivity index (χ4n) is 2.84. The first-order chi connectivity index (χ1) is 10.8. The maximum atomic E-state index is 12.8. The third-order valence-corrected chi connectivity index (χ3v) is 3.72. The van der Waals surface area contributed by atoms with Crippen LogP contribution >= 0.6 is 0 Å². The molecule has 1 aliphatic heterocycles. The van der Waals surface area contributed by atoms with Crippen LogP contribution in [-0.4, -0.2) is 33.4 Å². The van der Waals surface area contributed by atoms with Crippen LogP contribution in [0.4, 0.5) is 0 Å². The molecule has 0 atom stereocenters. The molecule has 1 aliphatic rings. The van der Waals surface area contributed by atoms with E-state index in [1.165, 1.54) is 0 Å². The van der Waals surface area contributed by atoms with E-state index in [9.17, 15) is 9.59 Å². The second kappa shape index (κ2) is 5.57. The van der Waals surface area contributed by atoms with E-state index in [0.717, 1.165) is 11.4 Å². The zero-order chi connectivity index (χ0) is 16.6. The molecule has 0 saturated carbocycles. The van der Waals surface area contributed by atoms with Crippen molar-refractivity contribution in [2.75, 3.05) is 6.54 Å². The van der Waals surface area contributed by atoms with Crippen LogP contribution in [0, 0.1) is 0 Å². The molecule has 0 unspecified atom stereocenters. The predicted octanol–water partition coefficient (Wildman–Crippen LogP) is 2.35. The smallest absolute Gasteiger partial charge is 0.256 e. The molecule has 0 saturated heterocycles. The van der Waals surface area contributed by atoms with Gasteiger partial charge in [-0.15, -0.1) is 0 Å². The van der Waals surface area contributed by atoms with Gasteiger partial charge in [0.05, 0.1) is 17.8 Å². The van der Waals surface area contributed by atoms with E-state index in [1.807, 2.05) is 61.9 Å². The van der Waals surface area contributed by atoms with Crippen LogP contribution in [-0.2, 0) is 11.3 Å². The average molecular weight is 311 g/mol. The quantitative estimate of drug-likeness (QED) is 0.925. The van der Waals surface area contributed by atoms with E-state index in [0.29, 0.717) is 12.1 Å². The molecule has 5 heteroatoms. The van der Waals surface area contributed by atoms with Crippen LogP contribution in [0.2, 0.25) is 0 Å². The number of hydrogen-bond acceptors (Lipinski definition) is 2. The van der Waals surface area contributed by atoms with E-state index < -0.39 is 0 Å². The fourth-order valence-corrected chi connectivity index (χ4v) is 2.84. The lowest BCUT2D eigenvalue weighted by Gasteiger charge is -2.25. The molecule has 1 aromatic carbocycles. The topological polar surface area (TPSA) is 54.3 Å². The summed E-state index contributed by atoms with van der Waals surface area (Å²) in [7, 11) is 0. The summed E-state index contributed by atoms with van der Waals surface area (Å²) in [6.45, 7) is 6.24. The van der Waals surface area contributed by atoms with E-state index in [-0.39, 0.29) is 23.9 Å². The summed E-state index contributed by atoms with van der Waals surface area (Å²) in [5.41, 5.74) is 2.15. The molecule has 0 fully saturated rings. The van der Waals surface area contributed by atoms with Crippen molar-refractivity contribution >= 4 is 11.8 Å². The molecule has 5 nitrogen and oxygen atoms in total. The van der Waals surface area contributed by atoms with Crippen LogP contribution in [0.1, 0.15) is 36.8 Å². The lowest BCUT2D eigenvalue weighted by molar-refractivity contribution is -0.123. The number of aromatic nitrogens is 1. The molecule has 0 radical (unpaired) electrons. The largest absolute Gasteiger partial charge is 0.350 e. The maximum Gasteiger partial charge on any atom is 0.256 e. The van der Waals surface area contributed by atoms with Crippen molar-refractivity contribution in [1.29, 1.82) is 0 Å². The zero-order valence-corrected chi connectivity index (χ0v) is 13.7. The predicted molar refractivity (Wildman–Crippen MR) is 88.4 cm³/mol. The van der Waals surface area contributed by atoms with Crippen LogP contribution in [0.5, 0.6) is 0 Å². The molecular weight excluding hydrogens is 290 g/mol. The third kappa shape index (κ3) is 3.13. The zero-order valence-electron chi connectivity index (χ0n) is 13.7. The lowest BCUT2D eigenvalue weighted by atomic mass is 10.1. The van der Waals surface area contributed by atoms with Gasteiger partial charge in [-0.25, -0.2) is 0 Å². The van der Waals surface area contributed by atoms with Crippen molar-refractivity contribution in [3.05, 3.63) is 53.9 Å². The number of nitrogens with zero attached hydrogens (tertiary/aromatic N) is 2. The van der Waals surface area contributed by atoms with Gasteiger partial charge >= 0.3 is 0 Å². The van der Waals surface area contributed by atoms with Gasteiger partial charge in [0, 0.05) is 17.4 Å². The van der Waals surface area contributed by atoms with Crippen LogP contribution in [0.3, 0.4) is 0 Å². The van der Waals surface area contributed by atoms with Gasteiger partial charge in [-0.05, 0) is 45.0 Å². The highest BCUT2D eigenvalue weighted by Crippen LogP contribution is 2.24. The molecule has 1 aromatic heterocycles. The summed E-state index contributed by atoms with van der Waals surface area (Å²) in [4.78, 5) is 26.7. The number of carbonyl (C=O) groups is 2. The second-order valence-electron chi connectivity index (χ2n) is 6.85. The number of fused-ring (bicyclic) bond motifs is 3. The molecule has 0 aliphatic carbocycles. The van der Waals surface area contributed by atoms with Gasteiger partial charge in [0.25, 0.3) is 5.91 Å². The van der Waals surface area contributed by atoms with E-state index >= 15 is 0 Å². The summed E-state index contributed by atoms with van der Waals surface area (Å²) >= 11 is 0.